The fraction of sp³-hybridized carbons (Fsp3) is 0.533. The Kier molecular flexibility index (Phi) is 3.71. The zero-order valence-electron chi connectivity index (χ0n) is 11.6. The van der Waals surface area contributed by atoms with E-state index in [1.54, 1.807) is 0 Å². The standard InChI is InChI=1S/C15H23N3/c1-4-10-18-13-9-7-6-8-12(13)17-14(18)11-15(3,16)5-2/h6-9H,4-5,10-11,16H2,1-3H3. The summed E-state index contributed by atoms with van der Waals surface area (Å²) in [5.74, 6) is 1.12. The van der Waals surface area contributed by atoms with Crippen molar-refractivity contribution in [3.63, 3.8) is 0 Å². The van der Waals surface area contributed by atoms with Crippen molar-refractivity contribution in [2.24, 2.45) is 5.73 Å². The van der Waals surface area contributed by atoms with Crippen molar-refractivity contribution in [2.45, 2.75) is 52.1 Å². The molecule has 0 saturated heterocycles. The van der Waals surface area contributed by atoms with Crippen LogP contribution in [0.5, 0.6) is 0 Å². The Labute approximate surface area is 109 Å². The summed E-state index contributed by atoms with van der Waals surface area (Å²) in [4.78, 5) is 4.75. The Morgan fingerprint density at radius 3 is 2.67 bits per heavy atom. The SMILES string of the molecule is CCCn1c(CC(C)(N)CC)nc2ccccc21. The predicted octanol–water partition coefficient (Wildman–Crippen LogP) is 3.12. The summed E-state index contributed by atoms with van der Waals surface area (Å²) in [5.41, 5.74) is 8.41. The minimum Gasteiger partial charge on any atom is -0.328 e. The molecule has 2 aromatic rings. The molecule has 1 atom stereocenters. The van der Waals surface area contributed by atoms with Crippen LogP contribution < -0.4 is 5.73 Å². The van der Waals surface area contributed by atoms with Crippen LogP contribution in [0.1, 0.15) is 39.4 Å². The van der Waals surface area contributed by atoms with Gasteiger partial charge in [-0.3, -0.25) is 0 Å². The van der Waals surface area contributed by atoms with Crippen LogP contribution in [-0.4, -0.2) is 15.1 Å². The Balaban J connectivity index is 2.45. The average molecular weight is 245 g/mol. The zero-order chi connectivity index (χ0) is 13.2. The summed E-state index contributed by atoms with van der Waals surface area (Å²) in [6.45, 7) is 7.44. The van der Waals surface area contributed by atoms with E-state index in [0.717, 1.165) is 37.1 Å². The van der Waals surface area contributed by atoms with Gasteiger partial charge in [-0.15, -0.1) is 0 Å². The number of benzene rings is 1. The van der Waals surface area contributed by atoms with Crippen LogP contribution in [0.3, 0.4) is 0 Å². The van der Waals surface area contributed by atoms with Gasteiger partial charge in [0.05, 0.1) is 11.0 Å². The number of nitrogens with zero attached hydrogens (tertiary/aromatic N) is 2. The lowest BCUT2D eigenvalue weighted by molar-refractivity contribution is 0.430. The summed E-state index contributed by atoms with van der Waals surface area (Å²) in [6, 6.07) is 8.32. The molecule has 98 valence electrons. The molecule has 0 aliphatic heterocycles. The highest BCUT2D eigenvalue weighted by Gasteiger charge is 2.20. The van der Waals surface area contributed by atoms with Crippen LogP contribution >= 0.6 is 0 Å². The molecular weight excluding hydrogens is 222 g/mol. The van der Waals surface area contributed by atoms with Gasteiger partial charge in [0.1, 0.15) is 5.82 Å². The quantitative estimate of drug-likeness (QED) is 0.879. The molecule has 0 radical (unpaired) electrons. The minimum atomic E-state index is -0.174. The highest BCUT2D eigenvalue weighted by molar-refractivity contribution is 5.75. The third kappa shape index (κ3) is 2.56. The van der Waals surface area contributed by atoms with E-state index in [4.69, 9.17) is 10.7 Å². The fourth-order valence-electron chi connectivity index (χ4n) is 2.22. The third-order valence-corrected chi connectivity index (χ3v) is 3.55. The van der Waals surface area contributed by atoms with Crippen molar-refractivity contribution in [3.8, 4) is 0 Å². The molecule has 2 rings (SSSR count). The van der Waals surface area contributed by atoms with Gasteiger partial charge in [0.2, 0.25) is 0 Å². The third-order valence-electron chi connectivity index (χ3n) is 3.55. The molecule has 1 aromatic heterocycles. The highest BCUT2D eigenvalue weighted by atomic mass is 15.1. The number of aryl methyl sites for hydroxylation is 1. The van der Waals surface area contributed by atoms with Crippen molar-refractivity contribution >= 4 is 11.0 Å². The van der Waals surface area contributed by atoms with Crippen molar-refractivity contribution < 1.29 is 0 Å². The molecule has 1 heterocycles. The number of imidazole rings is 1. The lowest BCUT2D eigenvalue weighted by Gasteiger charge is -2.22. The smallest absolute Gasteiger partial charge is 0.111 e. The molecule has 0 aliphatic rings. The van der Waals surface area contributed by atoms with Crippen molar-refractivity contribution in [1.82, 2.24) is 9.55 Å². The minimum absolute atomic E-state index is 0.174. The largest absolute Gasteiger partial charge is 0.328 e. The Bertz CT molecular complexity index is 526. The molecular formula is C15H23N3. The second-order valence-corrected chi connectivity index (χ2v) is 5.35. The van der Waals surface area contributed by atoms with Crippen molar-refractivity contribution in [3.05, 3.63) is 30.1 Å². The van der Waals surface area contributed by atoms with Crippen LogP contribution in [0.15, 0.2) is 24.3 Å². The van der Waals surface area contributed by atoms with Gasteiger partial charge in [-0.2, -0.15) is 0 Å². The van der Waals surface area contributed by atoms with E-state index < -0.39 is 0 Å². The van der Waals surface area contributed by atoms with Gasteiger partial charge in [0.15, 0.2) is 0 Å². The second kappa shape index (κ2) is 5.11. The Hall–Kier alpha value is -1.35. The van der Waals surface area contributed by atoms with Crippen LogP contribution in [0.2, 0.25) is 0 Å². The first kappa shape index (κ1) is 13.1. The Morgan fingerprint density at radius 2 is 2.00 bits per heavy atom. The van der Waals surface area contributed by atoms with Crippen LogP contribution in [0, 0.1) is 0 Å². The average Bonchev–Trinajstić information content (AvgIpc) is 2.68. The molecule has 0 saturated carbocycles. The van der Waals surface area contributed by atoms with Gasteiger partial charge in [-0.25, -0.2) is 4.98 Å². The molecule has 0 bridgehead atoms. The fourth-order valence-corrected chi connectivity index (χ4v) is 2.22. The van der Waals surface area contributed by atoms with Gasteiger partial charge in [0, 0.05) is 18.5 Å². The van der Waals surface area contributed by atoms with Gasteiger partial charge < -0.3 is 10.3 Å². The maximum absolute atomic E-state index is 6.28. The lowest BCUT2D eigenvalue weighted by Crippen LogP contribution is -2.38. The summed E-state index contributed by atoms with van der Waals surface area (Å²) >= 11 is 0. The Morgan fingerprint density at radius 1 is 1.28 bits per heavy atom. The molecule has 1 unspecified atom stereocenters. The number of rotatable bonds is 5. The molecule has 18 heavy (non-hydrogen) atoms. The van der Waals surface area contributed by atoms with E-state index in [9.17, 15) is 0 Å². The first-order chi connectivity index (χ1) is 8.57. The van der Waals surface area contributed by atoms with Crippen molar-refractivity contribution in [2.75, 3.05) is 0 Å². The number of para-hydroxylation sites is 2. The first-order valence-electron chi connectivity index (χ1n) is 6.80. The number of hydrogen-bond acceptors (Lipinski definition) is 2. The van der Waals surface area contributed by atoms with Gasteiger partial charge in [0.25, 0.3) is 0 Å². The molecule has 0 amide bonds. The topological polar surface area (TPSA) is 43.8 Å². The highest BCUT2D eigenvalue weighted by Crippen LogP contribution is 2.20. The molecule has 1 aromatic carbocycles. The first-order valence-corrected chi connectivity index (χ1v) is 6.80. The molecule has 3 heteroatoms. The van der Waals surface area contributed by atoms with E-state index in [0.29, 0.717) is 0 Å². The molecule has 2 N–H and O–H groups in total. The lowest BCUT2D eigenvalue weighted by atomic mass is 9.96. The monoisotopic (exact) mass is 245 g/mol. The maximum Gasteiger partial charge on any atom is 0.111 e. The van der Waals surface area contributed by atoms with Crippen LogP contribution in [-0.2, 0) is 13.0 Å². The van der Waals surface area contributed by atoms with E-state index in [-0.39, 0.29) is 5.54 Å². The molecule has 0 aliphatic carbocycles. The van der Waals surface area contributed by atoms with Crippen molar-refractivity contribution in [1.29, 1.82) is 0 Å². The summed E-state index contributed by atoms with van der Waals surface area (Å²) in [5, 5.41) is 0. The van der Waals surface area contributed by atoms with E-state index in [1.807, 2.05) is 6.07 Å². The second-order valence-electron chi connectivity index (χ2n) is 5.35. The van der Waals surface area contributed by atoms with Gasteiger partial charge >= 0.3 is 0 Å². The molecule has 0 fully saturated rings. The number of fused-ring (bicyclic) bond motifs is 1. The molecule has 0 spiro atoms. The zero-order valence-corrected chi connectivity index (χ0v) is 11.6. The summed E-state index contributed by atoms with van der Waals surface area (Å²) < 4.78 is 2.32. The van der Waals surface area contributed by atoms with E-state index in [1.165, 1.54) is 5.52 Å². The normalized spacial score (nSPS) is 14.9. The maximum atomic E-state index is 6.28. The predicted molar refractivity (Wildman–Crippen MR) is 76.6 cm³/mol. The summed E-state index contributed by atoms with van der Waals surface area (Å²) in [7, 11) is 0. The van der Waals surface area contributed by atoms with E-state index in [2.05, 4.69) is 43.5 Å². The van der Waals surface area contributed by atoms with E-state index >= 15 is 0 Å². The number of hydrogen-bond donors (Lipinski definition) is 1. The van der Waals surface area contributed by atoms with Gasteiger partial charge in [-0.05, 0) is 31.9 Å². The number of nitrogens with two attached hydrogens (primary N) is 1. The van der Waals surface area contributed by atoms with Crippen LogP contribution in [0.25, 0.3) is 11.0 Å². The molecule has 3 nitrogen and oxygen atoms in total. The summed E-state index contributed by atoms with van der Waals surface area (Å²) in [6.07, 6.45) is 2.90. The van der Waals surface area contributed by atoms with Crippen LogP contribution in [0.4, 0.5) is 0 Å². The van der Waals surface area contributed by atoms with Gasteiger partial charge in [-0.1, -0.05) is 26.0 Å². The number of aromatic nitrogens is 2.